The van der Waals surface area contributed by atoms with Crippen molar-refractivity contribution in [1.82, 2.24) is 0 Å². The van der Waals surface area contributed by atoms with Crippen LogP contribution in [0.5, 0.6) is 0 Å². The lowest BCUT2D eigenvalue weighted by Crippen LogP contribution is -2.07. The monoisotopic (exact) mass is 271 g/mol. The van der Waals surface area contributed by atoms with Gasteiger partial charge in [-0.05, 0) is 26.0 Å². The van der Waals surface area contributed by atoms with E-state index in [9.17, 15) is 13.2 Å². The quantitative estimate of drug-likeness (QED) is 0.801. The molecule has 0 aliphatic heterocycles. The predicted octanol–water partition coefficient (Wildman–Crippen LogP) is 4.65. The standard InChI is InChI=1S/C13H12F3NS/c1-7-3-4-13(18-7)8(2)17-12-6-10(15)9(14)5-11(12)16/h3-6,8,17H,1-2H3. The highest BCUT2D eigenvalue weighted by molar-refractivity contribution is 7.12. The summed E-state index contributed by atoms with van der Waals surface area (Å²) >= 11 is 1.58. The third kappa shape index (κ3) is 2.67. The number of benzene rings is 1. The van der Waals surface area contributed by atoms with Crippen LogP contribution >= 0.6 is 11.3 Å². The zero-order valence-electron chi connectivity index (χ0n) is 9.93. The van der Waals surface area contributed by atoms with Crippen LogP contribution in [0, 0.1) is 24.4 Å². The molecule has 2 rings (SSSR count). The summed E-state index contributed by atoms with van der Waals surface area (Å²) in [6, 6.07) is 5.10. The fourth-order valence-corrected chi connectivity index (χ4v) is 2.50. The molecule has 0 aliphatic rings. The minimum Gasteiger partial charge on any atom is -0.375 e. The normalized spacial score (nSPS) is 12.5. The average Bonchev–Trinajstić information content (AvgIpc) is 2.73. The average molecular weight is 271 g/mol. The van der Waals surface area contributed by atoms with Crippen molar-refractivity contribution >= 4 is 17.0 Å². The highest BCUT2D eigenvalue weighted by Gasteiger charge is 2.13. The summed E-state index contributed by atoms with van der Waals surface area (Å²) in [4.78, 5) is 2.15. The Kier molecular flexibility index (Phi) is 3.61. The van der Waals surface area contributed by atoms with E-state index in [0.29, 0.717) is 6.07 Å². The Labute approximate surface area is 107 Å². The minimum atomic E-state index is -1.18. The maximum Gasteiger partial charge on any atom is 0.161 e. The van der Waals surface area contributed by atoms with Gasteiger partial charge in [-0.1, -0.05) is 0 Å². The first-order valence-corrected chi connectivity index (χ1v) is 6.26. The fourth-order valence-electron chi connectivity index (χ4n) is 1.62. The number of hydrogen-bond acceptors (Lipinski definition) is 2. The SMILES string of the molecule is Cc1ccc(C(C)Nc2cc(F)c(F)cc2F)s1. The smallest absolute Gasteiger partial charge is 0.161 e. The van der Waals surface area contributed by atoms with Crippen molar-refractivity contribution in [2.24, 2.45) is 0 Å². The van der Waals surface area contributed by atoms with Crippen LogP contribution in [-0.4, -0.2) is 0 Å². The highest BCUT2D eigenvalue weighted by atomic mass is 32.1. The van der Waals surface area contributed by atoms with Gasteiger partial charge in [0.1, 0.15) is 5.82 Å². The van der Waals surface area contributed by atoms with Crippen LogP contribution in [0.3, 0.4) is 0 Å². The molecular weight excluding hydrogens is 259 g/mol. The molecule has 1 aromatic heterocycles. The lowest BCUT2D eigenvalue weighted by molar-refractivity contribution is 0.495. The molecule has 1 atom stereocenters. The number of halogens is 3. The van der Waals surface area contributed by atoms with Gasteiger partial charge in [0.05, 0.1) is 11.7 Å². The lowest BCUT2D eigenvalue weighted by Gasteiger charge is -2.14. The van der Waals surface area contributed by atoms with Crippen molar-refractivity contribution in [2.75, 3.05) is 5.32 Å². The molecule has 5 heteroatoms. The van der Waals surface area contributed by atoms with E-state index in [1.54, 1.807) is 11.3 Å². The van der Waals surface area contributed by atoms with Gasteiger partial charge in [0.25, 0.3) is 0 Å². The summed E-state index contributed by atoms with van der Waals surface area (Å²) in [6.07, 6.45) is 0. The second kappa shape index (κ2) is 5.02. The maximum absolute atomic E-state index is 13.4. The van der Waals surface area contributed by atoms with Crippen molar-refractivity contribution in [3.63, 3.8) is 0 Å². The number of rotatable bonds is 3. The molecule has 0 saturated heterocycles. The molecule has 1 aromatic carbocycles. The Morgan fingerprint density at radius 3 is 2.33 bits per heavy atom. The van der Waals surface area contributed by atoms with Gasteiger partial charge in [-0.3, -0.25) is 0 Å². The summed E-state index contributed by atoms with van der Waals surface area (Å²) in [7, 11) is 0. The fraction of sp³-hybridized carbons (Fsp3) is 0.231. The number of anilines is 1. The molecule has 0 fully saturated rings. The molecule has 96 valence electrons. The van der Waals surface area contributed by atoms with Gasteiger partial charge in [-0.25, -0.2) is 13.2 Å². The molecule has 0 amide bonds. The van der Waals surface area contributed by atoms with Crippen molar-refractivity contribution in [2.45, 2.75) is 19.9 Å². The van der Waals surface area contributed by atoms with Crippen LogP contribution in [0.2, 0.25) is 0 Å². The van der Waals surface area contributed by atoms with E-state index in [0.717, 1.165) is 15.8 Å². The maximum atomic E-state index is 13.4. The van der Waals surface area contributed by atoms with Gasteiger partial charge in [0.2, 0.25) is 0 Å². The molecule has 0 aliphatic carbocycles. The van der Waals surface area contributed by atoms with Crippen LogP contribution in [0.15, 0.2) is 24.3 Å². The van der Waals surface area contributed by atoms with Crippen LogP contribution in [0.4, 0.5) is 18.9 Å². The van der Waals surface area contributed by atoms with E-state index in [-0.39, 0.29) is 11.7 Å². The van der Waals surface area contributed by atoms with Gasteiger partial charge < -0.3 is 5.32 Å². The van der Waals surface area contributed by atoms with Gasteiger partial charge in [-0.2, -0.15) is 0 Å². The Hall–Kier alpha value is -1.49. The predicted molar refractivity (Wildman–Crippen MR) is 67.4 cm³/mol. The van der Waals surface area contributed by atoms with E-state index in [4.69, 9.17) is 0 Å². The molecular formula is C13H12F3NS. The second-order valence-corrected chi connectivity index (χ2v) is 5.38. The molecule has 2 aromatic rings. The Bertz CT molecular complexity index is 565. The Balaban J connectivity index is 2.21. The highest BCUT2D eigenvalue weighted by Crippen LogP contribution is 2.27. The first-order valence-electron chi connectivity index (χ1n) is 5.45. The van der Waals surface area contributed by atoms with Gasteiger partial charge >= 0.3 is 0 Å². The molecule has 0 saturated carbocycles. The molecule has 1 heterocycles. The zero-order chi connectivity index (χ0) is 13.3. The first-order chi connectivity index (χ1) is 8.47. The van der Waals surface area contributed by atoms with Gasteiger partial charge in [0.15, 0.2) is 11.6 Å². The van der Waals surface area contributed by atoms with E-state index in [1.807, 2.05) is 26.0 Å². The largest absolute Gasteiger partial charge is 0.375 e. The molecule has 18 heavy (non-hydrogen) atoms. The Morgan fingerprint density at radius 2 is 1.72 bits per heavy atom. The van der Waals surface area contributed by atoms with Crippen molar-refractivity contribution in [3.05, 3.63) is 51.5 Å². The van der Waals surface area contributed by atoms with E-state index >= 15 is 0 Å². The zero-order valence-corrected chi connectivity index (χ0v) is 10.7. The molecule has 0 spiro atoms. The summed E-state index contributed by atoms with van der Waals surface area (Å²) in [5.41, 5.74) is -0.0348. The van der Waals surface area contributed by atoms with Crippen molar-refractivity contribution in [1.29, 1.82) is 0 Å². The molecule has 1 unspecified atom stereocenters. The first kappa shape index (κ1) is 13.0. The second-order valence-electron chi connectivity index (χ2n) is 4.06. The molecule has 0 radical (unpaired) electrons. The number of nitrogens with one attached hydrogen (secondary N) is 1. The van der Waals surface area contributed by atoms with Crippen LogP contribution in [-0.2, 0) is 0 Å². The number of thiophene rings is 1. The minimum absolute atomic E-state index is 0.0348. The van der Waals surface area contributed by atoms with Crippen molar-refractivity contribution < 1.29 is 13.2 Å². The molecule has 1 N–H and O–H groups in total. The van der Waals surface area contributed by atoms with E-state index in [1.165, 1.54) is 0 Å². The van der Waals surface area contributed by atoms with Crippen LogP contribution in [0.25, 0.3) is 0 Å². The van der Waals surface area contributed by atoms with E-state index in [2.05, 4.69) is 5.32 Å². The molecule has 0 bridgehead atoms. The number of aryl methyl sites for hydroxylation is 1. The van der Waals surface area contributed by atoms with Crippen molar-refractivity contribution in [3.8, 4) is 0 Å². The third-order valence-electron chi connectivity index (χ3n) is 2.57. The van der Waals surface area contributed by atoms with Gasteiger partial charge in [0, 0.05) is 21.9 Å². The lowest BCUT2D eigenvalue weighted by atomic mass is 10.2. The topological polar surface area (TPSA) is 12.0 Å². The summed E-state index contributed by atoms with van der Waals surface area (Å²) < 4.78 is 39.3. The summed E-state index contributed by atoms with van der Waals surface area (Å²) in [5.74, 6) is -3.04. The summed E-state index contributed by atoms with van der Waals surface area (Å²) in [5, 5.41) is 2.84. The van der Waals surface area contributed by atoms with Gasteiger partial charge in [-0.15, -0.1) is 11.3 Å². The molecule has 1 nitrogen and oxygen atoms in total. The third-order valence-corrected chi connectivity index (χ3v) is 3.75. The van der Waals surface area contributed by atoms with Crippen LogP contribution in [0.1, 0.15) is 22.7 Å². The number of hydrogen-bond donors (Lipinski definition) is 1. The van der Waals surface area contributed by atoms with Crippen LogP contribution < -0.4 is 5.32 Å². The van der Waals surface area contributed by atoms with E-state index < -0.39 is 17.5 Å². The summed E-state index contributed by atoms with van der Waals surface area (Å²) in [6.45, 7) is 3.81. The Morgan fingerprint density at radius 1 is 1.06 bits per heavy atom.